The number of imidazole rings is 1. The molecule has 2 N–H and O–H groups in total. The summed E-state index contributed by atoms with van der Waals surface area (Å²) < 4.78 is 1.99. The fourth-order valence-corrected chi connectivity index (χ4v) is 1.97. The van der Waals surface area contributed by atoms with E-state index in [1.165, 1.54) is 0 Å². The second kappa shape index (κ2) is 6.49. The molecule has 2 rings (SSSR count). The Morgan fingerprint density at radius 2 is 2.22 bits per heavy atom. The van der Waals surface area contributed by atoms with Crippen LogP contribution >= 0.6 is 11.8 Å². The van der Waals surface area contributed by atoms with Gasteiger partial charge in [-0.2, -0.15) is 11.8 Å². The Bertz CT molecular complexity index is 496. The molecule has 0 aromatic carbocycles. The first-order valence-corrected chi connectivity index (χ1v) is 7.55. The van der Waals surface area contributed by atoms with Crippen LogP contribution in [0, 0.1) is 0 Å². The Kier molecular flexibility index (Phi) is 4.69. The van der Waals surface area contributed by atoms with E-state index in [0.717, 1.165) is 42.5 Å². The van der Waals surface area contributed by atoms with Crippen LogP contribution in [0.3, 0.4) is 0 Å². The van der Waals surface area contributed by atoms with Gasteiger partial charge in [0.15, 0.2) is 11.5 Å². The van der Waals surface area contributed by atoms with Gasteiger partial charge in [-0.05, 0) is 12.7 Å². The standard InChI is InChI=1S/C12H19N5S/c1-3-4-13-10-9-17-7-5-15-12(17)11(16-10)14-6-8-18-2/h5,7,9,13H,3-4,6,8H2,1-2H3,(H,14,16). The molecule has 2 heterocycles. The average molecular weight is 265 g/mol. The summed E-state index contributed by atoms with van der Waals surface area (Å²) in [5.74, 6) is 2.78. The lowest BCUT2D eigenvalue weighted by Gasteiger charge is -2.10. The van der Waals surface area contributed by atoms with E-state index in [-0.39, 0.29) is 0 Å². The molecular formula is C12H19N5S. The molecular weight excluding hydrogens is 246 g/mol. The number of hydrogen-bond acceptors (Lipinski definition) is 5. The van der Waals surface area contributed by atoms with Crippen LogP contribution in [0.15, 0.2) is 18.6 Å². The fraction of sp³-hybridized carbons (Fsp3) is 0.500. The molecule has 0 spiro atoms. The van der Waals surface area contributed by atoms with Gasteiger partial charge >= 0.3 is 0 Å². The van der Waals surface area contributed by atoms with Crippen LogP contribution in [-0.2, 0) is 0 Å². The van der Waals surface area contributed by atoms with Crippen LogP contribution in [0.25, 0.3) is 5.65 Å². The van der Waals surface area contributed by atoms with Gasteiger partial charge in [-0.25, -0.2) is 9.97 Å². The van der Waals surface area contributed by atoms with Crippen molar-refractivity contribution in [1.82, 2.24) is 14.4 Å². The van der Waals surface area contributed by atoms with Crippen molar-refractivity contribution in [3.8, 4) is 0 Å². The molecule has 2 aromatic rings. The number of aromatic nitrogens is 3. The minimum Gasteiger partial charge on any atom is -0.369 e. The summed E-state index contributed by atoms with van der Waals surface area (Å²) in [4.78, 5) is 8.89. The van der Waals surface area contributed by atoms with Gasteiger partial charge < -0.3 is 15.0 Å². The highest BCUT2D eigenvalue weighted by atomic mass is 32.2. The minimum absolute atomic E-state index is 0.843. The molecule has 0 bridgehead atoms. The van der Waals surface area contributed by atoms with Crippen molar-refractivity contribution in [2.24, 2.45) is 0 Å². The monoisotopic (exact) mass is 265 g/mol. The van der Waals surface area contributed by atoms with E-state index >= 15 is 0 Å². The van der Waals surface area contributed by atoms with Gasteiger partial charge in [0.25, 0.3) is 0 Å². The zero-order chi connectivity index (χ0) is 12.8. The van der Waals surface area contributed by atoms with E-state index in [1.54, 1.807) is 6.20 Å². The summed E-state index contributed by atoms with van der Waals surface area (Å²) in [7, 11) is 0. The smallest absolute Gasteiger partial charge is 0.180 e. The molecule has 0 radical (unpaired) electrons. The Morgan fingerprint density at radius 3 is 3.00 bits per heavy atom. The molecule has 0 aliphatic carbocycles. The molecule has 0 fully saturated rings. The van der Waals surface area contributed by atoms with Crippen molar-refractivity contribution in [2.75, 3.05) is 35.7 Å². The van der Waals surface area contributed by atoms with Crippen molar-refractivity contribution in [3.63, 3.8) is 0 Å². The number of fused-ring (bicyclic) bond motifs is 1. The van der Waals surface area contributed by atoms with E-state index in [2.05, 4.69) is 33.8 Å². The summed E-state index contributed by atoms with van der Waals surface area (Å²) in [6.45, 7) is 3.96. The molecule has 2 aromatic heterocycles. The summed E-state index contributed by atoms with van der Waals surface area (Å²) in [5.41, 5.74) is 0.873. The maximum atomic E-state index is 4.57. The fourth-order valence-electron chi connectivity index (χ4n) is 1.66. The van der Waals surface area contributed by atoms with E-state index in [9.17, 15) is 0 Å². The number of thioether (sulfide) groups is 1. The zero-order valence-electron chi connectivity index (χ0n) is 10.8. The number of nitrogens with one attached hydrogen (secondary N) is 2. The maximum absolute atomic E-state index is 4.57. The molecule has 0 aliphatic heterocycles. The molecule has 0 saturated carbocycles. The Hall–Kier alpha value is -1.43. The maximum Gasteiger partial charge on any atom is 0.180 e. The van der Waals surface area contributed by atoms with Crippen molar-refractivity contribution in [1.29, 1.82) is 0 Å². The van der Waals surface area contributed by atoms with Crippen molar-refractivity contribution in [2.45, 2.75) is 13.3 Å². The van der Waals surface area contributed by atoms with Crippen molar-refractivity contribution in [3.05, 3.63) is 18.6 Å². The highest BCUT2D eigenvalue weighted by molar-refractivity contribution is 7.98. The molecule has 0 atom stereocenters. The molecule has 18 heavy (non-hydrogen) atoms. The minimum atomic E-state index is 0.843. The van der Waals surface area contributed by atoms with Crippen LogP contribution in [0.1, 0.15) is 13.3 Å². The van der Waals surface area contributed by atoms with Gasteiger partial charge in [0, 0.05) is 31.2 Å². The number of nitrogens with zero attached hydrogens (tertiary/aromatic N) is 3. The highest BCUT2D eigenvalue weighted by Gasteiger charge is 2.06. The third-order valence-electron chi connectivity index (χ3n) is 2.53. The highest BCUT2D eigenvalue weighted by Crippen LogP contribution is 2.16. The number of hydrogen-bond donors (Lipinski definition) is 2. The quantitative estimate of drug-likeness (QED) is 0.753. The van der Waals surface area contributed by atoms with E-state index in [1.807, 2.05) is 28.6 Å². The lowest BCUT2D eigenvalue weighted by Crippen LogP contribution is -2.10. The van der Waals surface area contributed by atoms with Crippen LogP contribution in [-0.4, -0.2) is 39.5 Å². The molecule has 0 unspecified atom stereocenters. The summed E-state index contributed by atoms with van der Waals surface area (Å²) in [6, 6.07) is 0. The first-order valence-electron chi connectivity index (χ1n) is 6.15. The molecule has 5 nitrogen and oxygen atoms in total. The average Bonchev–Trinajstić information content (AvgIpc) is 2.85. The van der Waals surface area contributed by atoms with E-state index in [0.29, 0.717) is 0 Å². The molecule has 0 saturated heterocycles. The van der Waals surface area contributed by atoms with Crippen LogP contribution < -0.4 is 10.6 Å². The van der Waals surface area contributed by atoms with Gasteiger partial charge in [-0.3, -0.25) is 0 Å². The molecule has 0 aliphatic rings. The van der Waals surface area contributed by atoms with Gasteiger partial charge in [0.1, 0.15) is 5.82 Å². The normalized spacial score (nSPS) is 10.8. The third-order valence-corrected chi connectivity index (χ3v) is 3.14. The number of rotatable bonds is 7. The van der Waals surface area contributed by atoms with Crippen LogP contribution in [0.5, 0.6) is 0 Å². The second-order valence-electron chi connectivity index (χ2n) is 3.98. The Labute approximate surface area is 111 Å². The second-order valence-corrected chi connectivity index (χ2v) is 4.96. The summed E-state index contributed by atoms with van der Waals surface area (Å²) in [5, 5.41) is 6.64. The van der Waals surface area contributed by atoms with Crippen molar-refractivity contribution >= 4 is 29.0 Å². The predicted molar refractivity (Wildman–Crippen MR) is 78.6 cm³/mol. The SMILES string of the molecule is CCCNc1cn2ccnc2c(NCCSC)n1. The largest absolute Gasteiger partial charge is 0.369 e. The van der Waals surface area contributed by atoms with Gasteiger partial charge in [-0.15, -0.1) is 0 Å². The lowest BCUT2D eigenvalue weighted by atomic mass is 10.4. The lowest BCUT2D eigenvalue weighted by molar-refractivity contribution is 0.961. The molecule has 98 valence electrons. The first kappa shape index (κ1) is 13.0. The molecule has 0 amide bonds. The zero-order valence-corrected chi connectivity index (χ0v) is 11.6. The van der Waals surface area contributed by atoms with Gasteiger partial charge in [0.05, 0.1) is 6.20 Å². The molecule has 6 heteroatoms. The van der Waals surface area contributed by atoms with Gasteiger partial charge in [-0.1, -0.05) is 6.92 Å². The van der Waals surface area contributed by atoms with Gasteiger partial charge in [0.2, 0.25) is 0 Å². The predicted octanol–water partition coefficient (Wildman–Crippen LogP) is 2.33. The van der Waals surface area contributed by atoms with Crippen LogP contribution in [0.2, 0.25) is 0 Å². The Balaban J connectivity index is 2.21. The Morgan fingerprint density at radius 1 is 1.33 bits per heavy atom. The van der Waals surface area contributed by atoms with Crippen molar-refractivity contribution < 1.29 is 0 Å². The summed E-state index contributed by atoms with van der Waals surface area (Å²) >= 11 is 1.81. The third kappa shape index (κ3) is 3.07. The first-order chi connectivity index (χ1) is 8.85. The van der Waals surface area contributed by atoms with Crippen LogP contribution in [0.4, 0.5) is 11.6 Å². The topological polar surface area (TPSA) is 54.2 Å². The van der Waals surface area contributed by atoms with E-state index < -0.39 is 0 Å². The summed E-state index contributed by atoms with van der Waals surface area (Å²) in [6.07, 6.45) is 8.88. The van der Waals surface area contributed by atoms with E-state index in [4.69, 9.17) is 0 Å². The number of anilines is 2.